The van der Waals surface area contributed by atoms with Crippen LogP contribution in [0.15, 0.2) is 12.1 Å². The Bertz CT molecular complexity index is 821. The summed E-state index contributed by atoms with van der Waals surface area (Å²) < 4.78 is 11.8. The molecule has 2 heterocycles. The lowest BCUT2D eigenvalue weighted by atomic mass is 9.97. The first-order valence-electron chi connectivity index (χ1n) is 10.7. The summed E-state index contributed by atoms with van der Waals surface area (Å²) in [5, 5.41) is 3.52. The lowest BCUT2D eigenvalue weighted by Gasteiger charge is -2.36. The van der Waals surface area contributed by atoms with Crippen molar-refractivity contribution in [3.05, 3.63) is 22.7 Å². The van der Waals surface area contributed by atoms with Gasteiger partial charge in [0.1, 0.15) is 11.9 Å². The summed E-state index contributed by atoms with van der Waals surface area (Å²) >= 11 is 6.24. The normalized spacial score (nSPS) is 25.2. The second-order valence-electron chi connectivity index (χ2n) is 8.16. The molecule has 0 spiro atoms. The van der Waals surface area contributed by atoms with Crippen molar-refractivity contribution in [1.29, 1.82) is 0 Å². The van der Waals surface area contributed by atoms with Crippen LogP contribution >= 0.6 is 11.6 Å². The van der Waals surface area contributed by atoms with Crippen LogP contribution in [0.5, 0.6) is 5.75 Å². The molecular weight excluding hydrogens is 402 g/mol. The van der Waals surface area contributed by atoms with E-state index in [-0.39, 0.29) is 18.1 Å². The van der Waals surface area contributed by atoms with Crippen LogP contribution in [-0.2, 0) is 4.74 Å². The molecule has 30 heavy (non-hydrogen) atoms. The molecule has 0 radical (unpaired) electrons. The summed E-state index contributed by atoms with van der Waals surface area (Å²) in [6.45, 7) is 6.10. The smallest absolute Gasteiger partial charge is 0.255 e. The molecule has 164 valence electrons. The summed E-state index contributed by atoms with van der Waals surface area (Å²) in [6, 6.07) is 4.39. The molecule has 0 saturated carbocycles. The highest BCUT2D eigenvalue weighted by Crippen LogP contribution is 2.35. The maximum absolute atomic E-state index is 13.2. The van der Waals surface area contributed by atoms with E-state index in [1.165, 1.54) is 12.8 Å². The Labute approximate surface area is 184 Å². The number of hydrogen-bond acceptors (Lipinski definition) is 5. The van der Waals surface area contributed by atoms with E-state index in [1.807, 2.05) is 13.8 Å². The molecule has 1 amide bonds. The number of nitrogen functional groups attached to an aromatic ring is 1. The van der Waals surface area contributed by atoms with Gasteiger partial charge in [0.2, 0.25) is 0 Å². The molecule has 2 saturated heterocycles. The molecule has 2 aliphatic heterocycles. The third-order valence-electron chi connectivity index (χ3n) is 6.17. The fourth-order valence-corrected chi connectivity index (χ4v) is 4.67. The van der Waals surface area contributed by atoms with Crippen molar-refractivity contribution in [3.63, 3.8) is 0 Å². The van der Waals surface area contributed by atoms with Gasteiger partial charge in [0.15, 0.2) is 6.10 Å². The van der Waals surface area contributed by atoms with E-state index in [0.29, 0.717) is 40.7 Å². The van der Waals surface area contributed by atoms with E-state index < -0.39 is 6.10 Å². The average Bonchev–Trinajstić information content (AvgIpc) is 2.90. The standard InChI is InChI=1S/C23H32ClN3O3/c1-5-7-21(14(3)29-6-2)30-22-13-20(25)19(24)12-18(22)23(28)26-15-10-16-8-9-17(11-15)27(16)4/h12-17,21H,6,8-11,25H2,1-4H3,(H,26,28). The van der Waals surface area contributed by atoms with Crippen LogP contribution in [0.25, 0.3) is 0 Å². The molecule has 1 aromatic rings. The van der Waals surface area contributed by atoms with E-state index in [2.05, 4.69) is 29.1 Å². The van der Waals surface area contributed by atoms with Crippen molar-refractivity contribution < 1.29 is 14.3 Å². The topological polar surface area (TPSA) is 76.8 Å². The minimum atomic E-state index is -0.527. The summed E-state index contributed by atoms with van der Waals surface area (Å²) in [5.41, 5.74) is 6.72. The van der Waals surface area contributed by atoms with E-state index in [0.717, 1.165) is 12.8 Å². The molecule has 0 aliphatic carbocycles. The lowest BCUT2D eigenvalue weighted by Crippen LogP contribution is -2.48. The van der Waals surface area contributed by atoms with Crippen LogP contribution in [0.4, 0.5) is 5.69 Å². The van der Waals surface area contributed by atoms with Crippen LogP contribution in [0, 0.1) is 11.8 Å². The minimum absolute atomic E-state index is 0.143. The molecular formula is C23H32ClN3O3. The van der Waals surface area contributed by atoms with Gasteiger partial charge in [0.05, 0.1) is 16.3 Å². The number of nitrogens with zero attached hydrogens (tertiary/aromatic N) is 1. The second kappa shape index (κ2) is 9.91. The lowest BCUT2D eigenvalue weighted by molar-refractivity contribution is 0.0139. The quantitative estimate of drug-likeness (QED) is 0.508. The van der Waals surface area contributed by atoms with Crippen molar-refractivity contribution in [1.82, 2.24) is 10.2 Å². The molecule has 2 aliphatic rings. The minimum Gasteiger partial charge on any atom is -0.474 e. The first-order valence-corrected chi connectivity index (χ1v) is 11.0. The molecule has 0 aromatic heterocycles. The average molecular weight is 434 g/mol. The Morgan fingerprint density at radius 3 is 2.63 bits per heavy atom. The van der Waals surface area contributed by atoms with Crippen LogP contribution in [-0.4, -0.2) is 54.8 Å². The van der Waals surface area contributed by atoms with Gasteiger partial charge in [-0.1, -0.05) is 17.5 Å². The number of amides is 1. The number of ether oxygens (including phenoxy) is 2. The van der Waals surface area contributed by atoms with Gasteiger partial charge in [-0.15, -0.1) is 5.92 Å². The Kier molecular flexibility index (Phi) is 7.51. The maximum Gasteiger partial charge on any atom is 0.255 e. The largest absolute Gasteiger partial charge is 0.474 e. The Morgan fingerprint density at radius 1 is 1.37 bits per heavy atom. The van der Waals surface area contributed by atoms with Crippen LogP contribution in [0.2, 0.25) is 5.02 Å². The van der Waals surface area contributed by atoms with Crippen molar-refractivity contribution >= 4 is 23.2 Å². The van der Waals surface area contributed by atoms with E-state index >= 15 is 0 Å². The van der Waals surface area contributed by atoms with Gasteiger partial charge < -0.3 is 25.4 Å². The molecule has 1 aromatic carbocycles. The molecule has 3 N–H and O–H groups in total. The highest BCUT2D eigenvalue weighted by molar-refractivity contribution is 6.33. The number of piperidine rings is 1. The zero-order chi connectivity index (χ0) is 21.8. The molecule has 4 unspecified atom stereocenters. The number of carbonyl (C=O) groups is 1. The predicted octanol–water partition coefficient (Wildman–Crippen LogP) is 3.47. The summed E-state index contributed by atoms with van der Waals surface area (Å²) in [4.78, 5) is 15.6. The Hall–Kier alpha value is -1.94. The van der Waals surface area contributed by atoms with Gasteiger partial charge in [-0.25, -0.2) is 0 Å². The number of fused-ring (bicyclic) bond motifs is 2. The second-order valence-corrected chi connectivity index (χ2v) is 8.56. The van der Waals surface area contributed by atoms with Crippen LogP contribution < -0.4 is 15.8 Å². The molecule has 2 bridgehead atoms. The maximum atomic E-state index is 13.2. The molecule has 7 heteroatoms. The highest BCUT2D eigenvalue weighted by Gasteiger charge is 2.39. The van der Waals surface area contributed by atoms with Crippen LogP contribution in [0.1, 0.15) is 56.8 Å². The Morgan fingerprint density at radius 2 is 2.03 bits per heavy atom. The van der Waals surface area contributed by atoms with E-state index in [9.17, 15) is 4.79 Å². The van der Waals surface area contributed by atoms with Gasteiger partial charge in [0.25, 0.3) is 5.91 Å². The molecule has 4 atom stereocenters. The number of nitrogens with two attached hydrogens (primary N) is 1. The van der Waals surface area contributed by atoms with Crippen molar-refractivity contribution in [2.75, 3.05) is 19.4 Å². The predicted molar refractivity (Wildman–Crippen MR) is 120 cm³/mol. The van der Waals surface area contributed by atoms with Crippen molar-refractivity contribution in [3.8, 4) is 17.6 Å². The zero-order valence-electron chi connectivity index (χ0n) is 18.2. The van der Waals surface area contributed by atoms with Gasteiger partial charge in [-0.05, 0) is 59.6 Å². The van der Waals surface area contributed by atoms with Gasteiger partial charge in [0, 0.05) is 30.8 Å². The first kappa shape index (κ1) is 22.7. The van der Waals surface area contributed by atoms with Gasteiger partial charge in [-0.3, -0.25) is 4.79 Å². The first-order chi connectivity index (χ1) is 14.3. The number of halogens is 1. The number of benzene rings is 1. The Balaban J connectivity index is 1.80. The van der Waals surface area contributed by atoms with Gasteiger partial charge >= 0.3 is 0 Å². The number of nitrogens with one attached hydrogen (secondary N) is 1. The molecule has 3 rings (SSSR count). The number of rotatable bonds is 7. The van der Waals surface area contributed by atoms with Crippen molar-refractivity contribution in [2.24, 2.45) is 0 Å². The fourth-order valence-electron chi connectivity index (χ4n) is 4.51. The number of hydrogen-bond donors (Lipinski definition) is 2. The van der Waals surface area contributed by atoms with E-state index in [4.69, 9.17) is 26.8 Å². The fraction of sp³-hybridized carbons (Fsp3) is 0.609. The monoisotopic (exact) mass is 433 g/mol. The summed E-state index contributed by atoms with van der Waals surface area (Å²) in [7, 11) is 2.18. The summed E-state index contributed by atoms with van der Waals surface area (Å²) in [5.74, 6) is 6.05. The zero-order valence-corrected chi connectivity index (χ0v) is 19.0. The third-order valence-corrected chi connectivity index (χ3v) is 6.50. The van der Waals surface area contributed by atoms with E-state index in [1.54, 1.807) is 19.1 Å². The van der Waals surface area contributed by atoms with Gasteiger partial charge in [-0.2, -0.15) is 0 Å². The summed E-state index contributed by atoms with van der Waals surface area (Å²) in [6.07, 6.45) is 3.53. The highest BCUT2D eigenvalue weighted by atomic mass is 35.5. The number of anilines is 1. The molecule has 2 fully saturated rings. The van der Waals surface area contributed by atoms with Crippen molar-refractivity contribution in [2.45, 2.75) is 76.8 Å². The molecule has 6 nitrogen and oxygen atoms in total. The number of carbonyl (C=O) groups excluding carboxylic acids is 1. The third kappa shape index (κ3) is 5.03. The SMILES string of the molecule is CC#CC(Oc1cc(N)c(Cl)cc1C(=O)NC1CC2CCC(C1)N2C)C(C)OCC. The van der Waals surface area contributed by atoms with Crippen LogP contribution in [0.3, 0.4) is 0 Å².